The molecule has 0 amide bonds. The first-order valence-corrected chi connectivity index (χ1v) is 23.6. The van der Waals surface area contributed by atoms with Crippen molar-refractivity contribution in [3.8, 4) is 0 Å². The van der Waals surface area contributed by atoms with Crippen LogP contribution >= 0.6 is 12.0 Å². The first kappa shape index (κ1) is 67.4. The Hall–Kier alpha value is 5.35. The minimum absolute atomic E-state index is 0. The molecule has 0 bridgehead atoms. The van der Waals surface area contributed by atoms with E-state index in [1.807, 2.05) is 0 Å². The van der Waals surface area contributed by atoms with Gasteiger partial charge in [0.15, 0.2) is 5.71 Å². The van der Waals surface area contributed by atoms with Crippen molar-refractivity contribution in [2.45, 2.75) is 70.9 Å². The van der Waals surface area contributed by atoms with Gasteiger partial charge in [0.05, 0.1) is 57.9 Å². The Morgan fingerprint density at radius 3 is 1.70 bits per heavy atom. The summed E-state index contributed by atoms with van der Waals surface area (Å²) >= 11 is 0.258. The molecule has 0 atom stereocenters. The molecule has 0 fully saturated rings. The fraction of sp³-hybridized carbons (Fsp3) is 0.414. The second-order valence-electron chi connectivity index (χ2n) is 13.3. The molecule has 2 aromatic carbocycles. The zero-order valence-electron chi connectivity index (χ0n) is 34.0. The van der Waals surface area contributed by atoms with Crippen molar-refractivity contribution >= 4 is 79.7 Å². The van der Waals surface area contributed by atoms with E-state index in [9.17, 15) is 70.1 Å². The number of allylic oxidation sites excluding steroid dienone is 4. The summed E-state index contributed by atoms with van der Waals surface area (Å²) in [5, 5.41) is 13.8. The second-order valence-corrected chi connectivity index (χ2v) is 21.2. The molecule has 306 valence electrons. The zero-order valence-corrected chi connectivity index (χ0v) is 54.5. The largest absolute Gasteiger partial charge is 1.00 e. The first-order chi connectivity index (χ1) is 24.9. The third kappa shape index (κ3) is 17.3. The fourth-order valence-electron chi connectivity index (χ4n) is 6.77. The summed E-state index contributed by atoms with van der Waals surface area (Å²) in [7, 11) is -25.6. The number of rotatable bonds is 16. The molecular formula is C29H31K5N2O18S6. The third-order valence-electron chi connectivity index (χ3n) is 8.85. The van der Waals surface area contributed by atoms with Gasteiger partial charge in [-0.1, -0.05) is 19.9 Å². The molecule has 0 saturated carbocycles. The summed E-state index contributed by atoms with van der Waals surface area (Å²) in [6.07, 6.45) is 3.39. The van der Waals surface area contributed by atoms with Crippen LogP contribution in [-0.2, 0) is 70.8 Å². The Balaban J connectivity index is 0. The SMILES string of the molecule is CC1(C)C(C=C/C=C2/N(CCCS(=O)(=O)[O-])c3cc(S(=O)(=O)[O-])cc(S(=O)(=O)[O-])c3C2(C)C)=[N+](CCCS(=O)(=O)[O-])c2cc(SOO[O-])cc(S(=O)(=O)[O-])c21.[K+].[K+].[K+].[K+].[K+]. The minimum atomic E-state index is -5.46. The van der Waals surface area contributed by atoms with Gasteiger partial charge in [-0.2, -0.15) is 8.91 Å². The number of nitrogens with zero attached hydrogens (tertiary/aromatic N) is 2. The van der Waals surface area contributed by atoms with Crippen LogP contribution in [0.15, 0.2) is 67.8 Å². The molecule has 2 aliphatic heterocycles. The van der Waals surface area contributed by atoms with Gasteiger partial charge < -0.3 is 32.9 Å². The van der Waals surface area contributed by atoms with Gasteiger partial charge in [0.1, 0.15) is 36.9 Å². The molecular weight excluding hydrogens is 1050 g/mol. The van der Waals surface area contributed by atoms with Crippen molar-refractivity contribution in [3.63, 3.8) is 0 Å². The molecule has 0 aromatic heterocycles. The number of fused-ring (bicyclic) bond motifs is 2. The molecule has 31 heteroatoms. The standard InChI is InChI=1S/C29H36N2O18S6.5K/c1-28(2)24(30(10-6-12-51(33,34)35)20-14-18(50-49-48-32)15-22(26(20)28)54(42,43)44)8-5-9-25-29(3,4)27-21(31(25)11-7-13-52(36,37)38)16-19(53(39,40)41)17-23(27)55(45,46)47;;;;;/h5,8-9,14-17H,6-7,10-13H2,1-4H3,(H5-,32,33,34,35,36,37,38,39,40,41,42,43,44,45,46,47);;;;;/q;5*+1/p-5. The molecule has 2 aromatic rings. The predicted octanol–water partition coefficient (Wildman–Crippen LogP) is -14.9. The minimum Gasteiger partial charge on any atom is -0.748 e. The van der Waals surface area contributed by atoms with Gasteiger partial charge >= 0.3 is 257 Å². The number of hydrogen-bond donors (Lipinski definition) is 0. The van der Waals surface area contributed by atoms with Crippen molar-refractivity contribution < 1.29 is 341 Å². The third-order valence-corrected chi connectivity index (χ3v) is 13.5. The van der Waals surface area contributed by atoms with Crippen molar-refractivity contribution in [2.75, 3.05) is 29.5 Å². The Morgan fingerprint density at radius 1 is 0.700 bits per heavy atom. The predicted molar refractivity (Wildman–Crippen MR) is 184 cm³/mol. The van der Waals surface area contributed by atoms with E-state index in [0.29, 0.717) is 6.07 Å². The van der Waals surface area contributed by atoms with Crippen LogP contribution in [0.4, 0.5) is 11.4 Å². The molecule has 0 spiro atoms. The monoisotopic (exact) mass is 1080 g/mol. The fourth-order valence-corrected chi connectivity index (χ4v) is 10.6. The summed E-state index contributed by atoms with van der Waals surface area (Å²) in [4.78, 5) is -1.74. The Morgan fingerprint density at radius 2 is 1.22 bits per heavy atom. The number of benzene rings is 2. The first-order valence-electron chi connectivity index (χ1n) is 15.5. The summed E-state index contributed by atoms with van der Waals surface area (Å²) < 4.78 is 186. The smallest absolute Gasteiger partial charge is 0.748 e. The maximum Gasteiger partial charge on any atom is 1.00 e. The van der Waals surface area contributed by atoms with Crippen LogP contribution in [-0.4, -0.2) is 99.7 Å². The average molecular weight is 1080 g/mol. The van der Waals surface area contributed by atoms with E-state index in [0.717, 1.165) is 12.1 Å². The topological polar surface area (TPSA) is 334 Å². The molecule has 0 aliphatic carbocycles. The van der Waals surface area contributed by atoms with Gasteiger partial charge in [-0.05, 0) is 44.5 Å². The quantitative estimate of drug-likeness (QED) is 0.0376. The van der Waals surface area contributed by atoms with E-state index >= 15 is 0 Å². The summed E-state index contributed by atoms with van der Waals surface area (Å²) in [6, 6.07) is 3.47. The molecule has 60 heavy (non-hydrogen) atoms. The van der Waals surface area contributed by atoms with Crippen molar-refractivity contribution in [2.24, 2.45) is 0 Å². The van der Waals surface area contributed by atoms with Crippen molar-refractivity contribution in [1.82, 2.24) is 0 Å². The molecule has 0 unspecified atom stereocenters. The molecule has 2 aliphatic rings. The van der Waals surface area contributed by atoms with Crippen LogP contribution in [0.1, 0.15) is 51.7 Å². The van der Waals surface area contributed by atoms with Crippen LogP contribution in [0.25, 0.3) is 0 Å². The van der Waals surface area contributed by atoms with Crippen LogP contribution in [0.5, 0.6) is 0 Å². The van der Waals surface area contributed by atoms with Crippen molar-refractivity contribution in [1.29, 1.82) is 0 Å². The van der Waals surface area contributed by atoms with Crippen molar-refractivity contribution in [3.05, 3.63) is 59.3 Å². The van der Waals surface area contributed by atoms with E-state index < -0.39 is 87.6 Å². The summed E-state index contributed by atoms with van der Waals surface area (Å²) in [6.45, 7) is 5.29. The van der Waals surface area contributed by atoms with Crippen LogP contribution in [0, 0.1) is 0 Å². The van der Waals surface area contributed by atoms with E-state index in [1.54, 1.807) is 0 Å². The van der Waals surface area contributed by atoms with E-state index in [4.69, 9.17) is 0 Å². The van der Waals surface area contributed by atoms with Gasteiger partial charge in [-0.15, -0.1) is 0 Å². The maximum absolute atomic E-state index is 12.5. The average Bonchev–Trinajstić information content (AvgIpc) is 3.35. The zero-order chi connectivity index (χ0) is 41.7. The summed E-state index contributed by atoms with van der Waals surface area (Å²) in [5.41, 5.74) is -3.12. The second kappa shape index (κ2) is 26.2. The Kier molecular flexibility index (Phi) is 29.4. The van der Waals surface area contributed by atoms with Gasteiger partial charge in [0, 0.05) is 63.9 Å². The molecule has 4 rings (SSSR count). The Bertz CT molecular complexity index is 2580. The molecule has 2 heterocycles. The maximum atomic E-state index is 12.5. The molecule has 0 N–H and O–H groups in total. The van der Waals surface area contributed by atoms with Gasteiger partial charge in [0.2, 0.25) is 5.69 Å². The molecule has 0 radical (unpaired) electrons. The van der Waals surface area contributed by atoms with E-state index in [-0.39, 0.29) is 334 Å². The molecule has 20 nitrogen and oxygen atoms in total. The van der Waals surface area contributed by atoms with E-state index in [2.05, 4.69) is 9.37 Å². The number of hydrogen-bond acceptors (Lipinski definition) is 20. The number of anilines is 1. The normalized spacial score (nSPS) is 16.6. The Labute approximate surface area is 566 Å². The van der Waals surface area contributed by atoms with Crippen LogP contribution in [0.3, 0.4) is 0 Å². The van der Waals surface area contributed by atoms with Gasteiger partial charge in [-0.25, -0.2) is 42.1 Å². The van der Waals surface area contributed by atoms with Crippen LogP contribution in [0.2, 0.25) is 0 Å². The molecule has 0 saturated heterocycles. The van der Waals surface area contributed by atoms with Gasteiger partial charge in [-0.3, -0.25) is 5.04 Å². The van der Waals surface area contributed by atoms with Crippen LogP contribution < -0.4 is 267 Å². The summed E-state index contributed by atoms with van der Waals surface area (Å²) in [5.74, 6) is -1.76. The van der Waals surface area contributed by atoms with E-state index in [1.165, 1.54) is 61.5 Å². The van der Waals surface area contributed by atoms with Gasteiger partial charge in [0.25, 0.3) is 0 Å².